The molecule has 0 bridgehead atoms. The lowest BCUT2D eigenvalue weighted by Gasteiger charge is -2.26. The molecule has 0 saturated carbocycles. The minimum Gasteiger partial charge on any atom is -0.341 e. The third kappa shape index (κ3) is 7.31. The van der Waals surface area contributed by atoms with Gasteiger partial charge in [-0.2, -0.15) is 0 Å². The Balaban J connectivity index is 4.67. The van der Waals surface area contributed by atoms with E-state index in [-0.39, 0.29) is 12.5 Å². The van der Waals surface area contributed by atoms with Crippen molar-refractivity contribution in [3.8, 4) is 0 Å². The molecule has 0 radical (unpaired) electrons. The first-order chi connectivity index (χ1) is 9.97. The van der Waals surface area contributed by atoms with Crippen molar-refractivity contribution in [3.05, 3.63) is 10.4 Å². The normalized spacial score (nSPS) is 9.67. The second-order valence-corrected chi connectivity index (χ2v) is 4.62. The van der Waals surface area contributed by atoms with E-state index in [9.17, 15) is 14.4 Å². The highest BCUT2D eigenvalue weighted by Crippen LogP contribution is 1.99. The number of rotatable bonds is 10. The summed E-state index contributed by atoms with van der Waals surface area (Å²) in [5.41, 5.74) is 8.25. The summed E-state index contributed by atoms with van der Waals surface area (Å²) >= 11 is 0. The van der Waals surface area contributed by atoms with E-state index in [0.29, 0.717) is 26.2 Å². The summed E-state index contributed by atoms with van der Waals surface area (Å²) in [6, 6.07) is 0. The van der Waals surface area contributed by atoms with Gasteiger partial charge in [0.25, 0.3) is 5.91 Å². The number of carbonyl (C=O) groups is 3. The molecule has 0 rings (SSSR count). The van der Waals surface area contributed by atoms with Crippen LogP contribution in [0.1, 0.15) is 33.6 Å². The molecule has 0 saturated heterocycles. The number of amides is 2. The standard InChI is InChI=1S/C13H23N5O3/c1-4-6-17(12(20)10-15-16-14)8-9-18(7-5-2)13(21)11(3)19/h4-10H2,1-3H3. The minimum atomic E-state index is -0.532. The maximum absolute atomic E-state index is 11.9. The molecule has 0 atom stereocenters. The van der Waals surface area contributed by atoms with Crippen LogP contribution in [-0.4, -0.2) is 60.1 Å². The Morgan fingerprint density at radius 1 is 1.00 bits per heavy atom. The fourth-order valence-electron chi connectivity index (χ4n) is 1.87. The van der Waals surface area contributed by atoms with Crippen molar-refractivity contribution in [1.82, 2.24) is 9.80 Å². The van der Waals surface area contributed by atoms with Gasteiger partial charge in [-0.3, -0.25) is 14.4 Å². The molecule has 0 aromatic carbocycles. The average Bonchev–Trinajstić information content (AvgIpc) is 2.46. The predicted octanol–water partition coefficient (Wildman–Crippen LogP) is 1.36. The van der Waals surface area contributed by atoms with Crippen molar-refractivity contribution in [1.29, 1.82) is 0 Å². The second-order valence-electron chi connectivity index (χ2n) is 4.62. The van der Waals surface area contributed by atoms with Crippen molar-refractivity contribution in [2.75, 3.05) is 32.7 Å². The highest BCUT2D eigenvalue weighted by Gasteiger charge is 2.19. The Morgan fingerprint density at radius 3 is 2.00 bits per heavy atom. The average molecular weight is 297 g/mol. The number of carbonyl (C=O) groups excluding carboxylic acids is 3. The molecule has 0 aromatic rings. The summed E-state index contributed by atoms with van der Waals surface area (Å²) in [5.74, 6) is -1.32. The van der Waals surface area contributed by atoms with Crippen molar-refractivity contribution in [2.24, 2.45) is 5.11 Å². The molecule has 8 heteroatoms. The van der Waals surface area contributed by atoms with E-state index in [4.69, 9.17) is 5.53 Å². The van der Waals surface area contributed by atoms with Gasteiger partial charge in [0, 0.05) is 38.0 Å². The third-order valence-corrected chi connectivity index (χ3v) is 2.84. The van der Waals surface area contributed by atoms with Gasteiger partial charge >= 0.3 is 0 Å². The zero-order valence-corrected chi connectivity index (χ0v) is 12.9. The van der Waals surface area contributed by atoms with Gasteiger partial charge in [-0.15, -0.1) is 0 Å². The molecule has 0 aromatic heterocycles. The number of hydrogen-bond acceptors (Lipinski definition) is 4. The lowest BCUT2D eigenvalue weighted by molar-refractivity contribution is -0.144. The van der Waals surface area contributed by atoms with Crippen molar-refractivity contribution in [3.63, 3.8) is 0 Å². The monoisotopic (exact) mass is 297 g/mol. The smallest absolute Gasteiger partial charge is 0.289 e. The molecule has 0 fully saturated rings. The Kier molecular flexibility index (Phi) is 9.62. The van der Waals surface area contributed by atoms with E-state index in [1.54, 1.807) is 4.90 Å². The molecule has 0 aliphatic heterocycles. The first-order valence-electron chi connectivity index (χ1n) is 7.06. The third-order valence-electron chi connectivity index (χ3n) is 2.84. The summed E-state index contributed by atoms with van der Waals surface area (Å²) in [7, 11) is 0. The molecule has 0 heterocycles. The SMILES string of the molecule is CCCN(CCN(CCC)C(=O)C(C)=O)C(=O)CN=[N+]=[N-]. The van der Waals surface area contributed by atoms with Crippen LogP contribution >= 0.6 is 0 Å². The molecule has 0 unspecified atom stereocenters. The number of azide groups is 1. The van der Waals surface area contributed by atoms with Gasteiger partial charge in [0.2, 0.25) is 11.7 Å². The fraction of sp³-hybridized carbons (Fsp3) is 0.769. The van der Waals surface area contributed by atoms with Gasteiger partial charge in [0.05, 0.1) is 0 Å². The van der Waals surface area contributed by atoms with Crippen LogP contribution in [0, 0.1) is 0 Å². The highest BCUT2D eigenvalue weighted by molar-refractivity contribution is 6.35. The van der Waals surface area contributed by atoms with Crippen LogP contribution in [0.3, 0.4) is 0 Å². The first kappa shape index (κ1) is 18.9. The highest BCUT2D eigenvalue weighted by atomic mass is 16.2. The van der Waals surface area contributed by atoms with E-state index >= 15 is 0 Å². The topological polar surface area (TPSA) is 106 Å². The zero-order chi connectivity index (χ0) is 16.3. The van der Waals surface area contributed by atoms with Gasteiger partial charge in [-0.05, 0) is 18.4 Å². The fourth-order valence-corrected chi connectivity index (χ4v) is 1.87. The summed E-state index contributed by atoms with van der Waals surface area (Å²) < 4.78 is 0. The quantitative estimate of drug-likeness (QED) is 0.263. The number of Topliss-reactive ketones (excluding diaryl/α,β-unsaturated/α-hetero) is 1. The number of nitrogens with zero attached hydrogens (tertiary/aromatic N) is 5. The van der Waals surface area contributed by atoms with Crippen LogP contribution in [0.5, 0.6) is 0 Å². The Bertz CT molecular complexity index is 418. The molecule has 2 amide bonds. The largest absolute Gasteiger partial charge is 0.341 e. The molecule has 0 aliphatic carbocycles. The van der Waals surface area contributed by atoms with Crippen molar-refractivity contribution >= 4 is 17.6 Å². The maximum atomic E-state index is 11.9. The van der Waals surface area contributed by atoms with Gasteiger partial charge in [-0.1, -0.05) is 19.0 Å². The van der Waals surface area contributed by atoms with Crippen LogP contribution in [0.15, 0.2) is 5.11 Å². The minimum absolute atomic E-state index is 0.231. The summed E-state index contributed by atoms with van der Waals surface area (Å²) in [6.07, 6.45) is 1.50. The van der Waals surface area contributed by atoms with Crippen LogP contribution in [0.2, 0.25) is 0 Å². The van der Waals surface area contributed by atoms with Gasteiger partial charge in [0.1, 0.15) is 6.54 Å². The van der Waals surface area contributed by atoms with E-state index in [1.165, 1.54) is 11.8 Å². The molecule has 0 spiro atoms. The maximum Gasteiger partial charge on any atom is 0.289 e. The molecular weight excluding hydrogens is 274 g/mol. The van der Waals surface area contributed by atoms with Crippen LogP contribution in [-0.2, 0) is 14.4 Å². The molecule has 118 valence electrons. The van der Waals surface area contributed by atoms with Gasteiger partial charge < -0.3 is 9.80 Å². The molecule has 0 N–H and O–H groups in total. The lowest BCUT2D eigenvalue weighted by atomic mass is 10.3. The van der Waals surface area contributed by atoms with Gasteiger partial charge in [-0.25, -0.2) is 0 Å². The summed E-state index contributed by atoms with van der Waals surface area (Å²) in [5, 5.41) is 3.26. The molecule has 0 aliphatic rings. The molecular formula is C13H23N5O3. The lowest BCUT2D eigenvalue weighted by Crippen LogP contribution is -2.44. The number of ketones is 1. The second kappa shape index (κ2) is 10.7. The predicted molar refractivity (Wildman–Crippen MR) is 78.4 cm³/mol. The van der Waals surface area contributed by atoms with E-state index in [0.717, 1.165) is 12.8 Å². The summed E-state index contributed by atoms with van der Waals surface area (Å²) in [6.45, 7) is 6.47. The Hall–Kier alpha value is -2.08. The van der Waals surface area contributed by atoms with Crippen LogP contribution in [0.4, 0.5) is 0 Å². The van der Waals surface area contributed by atoms with E-state index in [1.807, 2.05) is 13.8 Å². The summed E-state index contributed by atoms with van der Waals surface area (Å²) in [4.78, 5) is 40.3. The zero-order valence-electron chi connectivity index (χ0n) is 12.9. The van der Waals surface area contributed by atoms with E-state index < -0.39 is 11.7 Å². The van der Waals surface area contributed by atoms with Gasteiger partial charge in [0.15, 0.2) is 0 Å². The Morgan fingerprint density at radius 2 is 1.52 bits per heavy atom. The molecule has 21 heavy (non-hydrogen) atoms. The first-order valence-corrected chi connectivity index (χ1v) is 7.06. The Labute approximate surface area is 124 Å². The van der Waals surface area contributed by atoms with Crippen LogP contribution < -0.4 is 0 Å². The number of hydrogen-bond donors (Lipinski definition) is 0. The van der Waals surface area contributed by atoms with Crippen LogP contribution in [0.25, 0.3) is 10.4 Å². The van der Waals surface area contributed by atoms with Crippen molar-refractivity contribution in [2.45, 2.75) is 33.6 Å². The van der Waals surface area contributed by atoms with E-state index in [2.05, 4.69) is 10.0 Å². The van der Waals surface area contributed by atoms with Crippen molar-refractivity contribution < 1.29 is 14.4 Å². The molecule has 8 nitrogen and oxygen atoms in total.